The van der Waals surface area contributed by atoms with Crippen LogP contribution in [0.4, 0.5) is 23.4 Å². The van der Waals surface area contributed by atoms with Crippen LogP contribution >= 0.6 is 11.6 Å². The smallest absolute Gasteiger partial charge is 0.416 e. The van der Waals surface area contributed by atoms with Crippen LogP contribution < -0.4 is 4.90 Å². The molecular formula is C28H22ClF4N3O4. The van der Waals surface area contributed by atoms with Gasteiger partial charge in [-0.05, 0) is 42.3 Å². The van der Waals surface area contributed by atoms with Crippen LogP contribution in [0, 0.1) is 5.82 Å². The topological polar surface area (TPSA) is 79.8 Å². The number of nitrogens with zero attached hydrogens (tertiary/aromatic N) is 3. The van der Waals surface area contributed by atoms with Gasteiger partial charge in [0, 0.05) is 19.2 Å². The molecule has 0 N–H and O–H groups in total. The van der Waals surface area contributed by atoms with Crippen molar-refractivity contribution in [3.63, 3.8) is 0 Å². The Morgan fingerprint density at radius 2 is 1.77 bits per heavy atom. The maximum absolute atomic E-state index is 14.6. The number of alkyl halides is 3. The molecule has 1 aliphatic rings. The first-order valence-corrected chi connectivity index (χ1v) is 12.3. The first kappa shape index (κ1) is 28.8. The molecule has 40 heavy (non-hydrogen) atoms. The van der Waals surface area contributed by atoms with Crippen LogP contribution in [0.5, 0.6) is 0 Å². The fourth-order valence-corrected chi connectivity index (χ4v) is 4.31. The predicted molar refractivity (Wildman–Crippen MR) is 138 cm³/mol. The second-order valence-electron chi connectivity index (χ2n) is 8.95. The fourth-order valence-electron chi connectivity index (χ4n) is 4.16. The van der Waals surface area contributed by atoms with Crippen molar-refractivity contribution >= 4 is 35.2 Å². The van der Waals surface area contributed by atoms with Gasteiger partial charge in [-0.25, -0.2) is 14.2 Å². The Bertz CT molecular complexity index is 1430. The van der Waals surface area contributed by atoms with Crippen LogP contribution in [0.3, 0.4) is 0 Å². The van der Waals surface area contributed by atoms with Crippen LogP contribution in [0.2, 0.25) is 5.02 Å². The van der Waals surface area contributed by atoms with Crippen LogP contribution in [0.25, 0.3) is 0 Å². The number of pyridine rings is 1. The minimum absolute atomic E-state index is 0.00551. The molecule has 1 saturated heterocycles. The summed E-state index contributed by atoms with van der Waals surface area (Å²) in [7, 11) is 0. The molecule has 1 atom stereocenters. The summed E-state index contributed by atoms with van der Waals surface area (Å²) < 4.78 is 58.9. The second-order valence-corrected chi connectivity index (χ2v) is 9.38. The first-order chi connectivity index (χ1) is 18.9. The summed E-state index contributed by atoms with van der Waals surface area (Å²) in [4.78, 5) is 45.1. The lowest BCUT2D eigenvalue weighted by atomic mass is 10.0. The Hall–Kier alpha value is -4.25. The minimum Gasteiger partial charge on any atom is -0.428 e. The molecule has 1 aliphatic heterocycles. The fraction of sp³-hybridized carbons (Fsp3) is 0.214. The number of hydrogen-bond donors (Lipinski definition) is 0. The van der Waals surface area contributed by atoms with Gasteiger partial charge in [-0.2, -0.15) is 13.2 Å². The molecule has 1 unspecified atom stereocenters. The van der Waals surface area contributed by atoms with Crippen LogP contribution in [0.1, 0.15) is 34.3 Å². The summed E-state index contributed by atoms with van der Waals surface area (Å²) in [6.07, 6.45) is -3.51. The molecule has 4 rings (SSSR count). The van der Waals surface area contributed by atoms with Crippen molar-refractivity contribution in [1.82, 2.24) is 9.88 Å². The number of ether oxygens (including phenoxy) is 1. The molecule has 1 fully saturated rings. The number of aromatic nitrogens is 1. The largest absolute Gasteiger partial charge is 0.428 e. The zero-order valence-electron chi connectivity index (χ0n) is 20.8. The maximum atomic E-state index is 14.6. The Kier molecular flexibility index (Phi) is 8.53. The van der Waals surface area contributed by atoms with E-state index >= 15 is 0 Å². The summed E-state index contributed by atoms with van der Waals surface area (Å²) >= 11 is 5.77. The van der Waals surface area contributed by atoms with E-state index in [1.165, 1.54) is 17.0 Å². The monoisotopic (exact) mass is 575 g/mol. The summed E-state index contributed by atoms with van der Waals surface area (Å²) in [6, 6.07) is 12.1. The number of allylic oxidation sites excluding steroid dienone is 1. The highest BCUT2D eigenvalue weighted by Gasteiger charge is 2.41. The summed E-state index contributed by atoms with van der Waals surface area (Å²) in [5.41, 5.74) is -0.231. The number of carbonyl (C=O) groups excluding carboxylic acids is 3. The normalized spacial score (nSPS) is 15.8. The molecule has 0 radical (unpaired) electrons. The van der Waals surface area contributed by atoms with Crippen molar-refractivity contribution in [3.8, 4) is 0 Å². The van der Waals surface area contributed by atoms with E-state index < -0.39 is 53.7 Å². The highest BCUT2D eigenvalue weighted by Crippen LogP contribution is 2.31. The number of piperazine rings is 1. The molecule has 0 spiro atoms. The van der Waals surface area contributed by atoms with Gasteiger partial charge in [0.25, 0.3) is 5.91 Å². The number of carbonyl (C=O) groups is 3. The Morgan fingerprint density at radius 3 is 2.40 bits per heavy atom. The van der Waals surface area contributed by atoms with Crippen molar-refractivity contribution in [2.24, 2.45) is 0 Å². The van der Waals surface area contributed by atoms with Gasteiger partial charge in [-0.3, -0.25) is 14.5 Å². The zero-order valence-corrected chi connectivity index (χ0v) is 21.6. The Labute approximate surface area is 231 Å². The molecule has 0 aliphatic carbocycles. The standard InChI is InChI=1S/C28H22ClF4N3O4/c1-17(40-27(39)19-5-3-2-4-6-19)7-12-23-26(38)36(25-22(30)13-21(29)14-34-25)16-24(37)35(23)15-18-8-10-20(11-9-18)28(31,32)33/h2-6,8-11,13-14,23H,1,7,12,15-16H2. The molecule has 12 heteroatoms. The minimum atomic E-state index is -4.54. The molecule has 0 bridgehead atoms. The highest BCUT2D eigenvalue weighted by atomic mass is 35.5. The van der Waals surface area contributed by atoms with Crippen LogP contribution in [-0.2, 0) is 27.0 Å². The number of amides is 2. The molecular weight excluding hydrogens is 554 g/mol. The number of rotatable bonds is 8. The van der Waals surface area contributed by atoms with E-state index in [4.69, 9.17) is 16.3 Å². The van der Waals surface area contributed by atoms with Crippen molar-refractivity contribution < 1.29 is 36.7 Å². The number of esters is 1. The van der Waals surface area contributed by atoms with E-state index in [0.29, 0.717) is 5.56 Å². The third-order valence-corrected chi connectivity index (χ3v) is 6.37. The van der Waals surface area contributed by atoms with E-state index in [1.807, 2.05) is 0 Å². The maximum Gasteiger partial charge on any atom is 0.416 e. The number of benzene rings is 2. The van der Waals surface area contributed by atoms with E-state index in [1.54, 1.807) is 30.3 Å². The van der Waals surface area contributed by atoms with Crippen molar-refractivity contribution in [2.45, 2.75) is 31.6 Å². The van der Waals surface area contributed by atoms with Gasteiger partial charge in [0.1, 0.15) is 18.3 Å². The van der Waals surface area contributed by atoms with E-state index in [-0.39, 0.29) is 35.7 Å². The highest BCUT2D eigenvalue weighted by molar-refractivity contribution is 6.30. The molecule has 7 nitrogen and oxygen atoms in total. The van der Waals surface area contributed by atoms with Gasteiger partial charge in [-0.15, -0.1) is 0 Å². The predicted octanol–water partition coefficient (Wildman–Crippen LogP) is 5.79. The van der Waals surface area contributed by atoms with Crippen LogP contribution in [-0.4, -0.2) is 40.3 Å². The molecule has 1 aromatic heterocycles. The molecule has 2 amide bonds. The lowest BCUT2D eigenvalue weighted by Crippen LogP contribution is -2.60. The first-order valence-electron chi connectivity index (χ1n) is 12.0. The van der Waals surface area contributed by atoms with Gasteiger partial charge in [-0.1, -0.05) is 48.5 Å². The molecule has 208 valence electrons. The average molecular weight is 576 g/mol. The quantitative estimate of drug-likeness (QED) is 0.193. The van der Waals surface area contributed by atoms with E-state index in [9.17, 15) is 31.9 Å². The number of hydrogen-bond acceptors (Lipinski definition) is 5. The van der Waals surface area contributed by atoms with Crippen molar-refractivity contribution in [2.75, 3.05) is 11.4 Å². The summed E-state index contributed by atoms with van der Waals surface area (Å²) in [5, 5.41) is -0.00551. The van der Waals surface area contributed by atoms with Crippen molar-refractivity contribution in [1.29, 1.82) is 0 Å². The molecule has 2 aromatic carbocycles. The van der Waals surface area contributed by atoms with Gasteiger partial charge >= 0.3 is 12.1 Å². The second kappa shape index (κ2) is 11.9. The number of halogens is 5. The zero-order chi connectivity index (χ0) is 29.0. The lowest BCUT2D eigenvalue weighted by molar-refractivity contribution is -0.144. The SMILES string of the molecule is C=C(CCC1C(=O)N(c2ncc(Cl)cc2F)CC(=O)N1Cc1ccc(C(F)(F)F)cc1)OC(=O)c1ccccc1. The molecule has 3 aromatic rings. The van der Waals surface area contributed by atoms with Crippen LogP contribution in [0.15, 0.2) is 79.2 Å². The molecule has 0 saturated carbocycles. The van der Waals surface area contributed by atoms with Crippen molar-refractivity contribution in [3.05, 3.63) is 107 Å². The van der Waals surface area contributed by atoms with E-state index in [2.05, 4.69) is 11.6 Å². The number of anilines is 1. The van der Waals surface area contributed by atoms with Gasteiger partial charge < -0.3 is 9.64 Å². The average Bonchev–Trinajstić information content (AvgIpc) is 2.91. The van der Waals surface area contributed by atoms with Gasteiger partial charge in [0.15, 0.2) is 11.6 Å². The third kappa shape index (κ3) is 6.66. The Balaban J connectivity index is 1.56. The lowest BCUT2D eigenvalue weighted by Gasteiger charge is -2.40. The summed E-state index contributed by atoms with van der Waals surface area (Å²) in [5.74, 6) is -3.21. The van der Waals surface area contributed by atoms with E-state index in [0.717, 1.165) is 29.3 Å². The van der Waals surface area contributed by atoms with Gasteiger partial charge in [0.05, 0.1) is 16.1 Å². The van der Waals surface area contributed by atoms with Gasteiger partial charge in [0.2, 0.25) is 5.91 Å². The molecule has 2 heterocycles. The third-order valence-electron chi connectivity index (χ3n) is 6.16. The Morgan fingerprint density at radius 1 is 1.10 bits per heavy atom. The summed E-state index contributed by atoms with van der Waals surface area (Å²) in [6.45, 7) is 2.99.